The average Bonchev–Trinajstić information content (AvgIpc) is 3.40. The van der Waals surface area contributed by atoms with E-state index in [0.717, 1.165) is 0 Å². The van der Waals surface area contributed by atoms with Crippen molar-refractivity contribution in [2.45, 2.75) is 73.6 Å². The lowest BCUT2D eigenvalue weighted by Gasteiger charge is -2.70. The van der Waals surface area contributed by atoms with Crippen molar-refractivity contribution in [1.82, 2.24) is 4.90 Å². The molecule has 5 saturated carbocycles. The number of fused-ring (bicyclic) bond motifs is 2. The van der Waals surface area contributed by atoms with Crippen LogP contribution in [0.4, 0.5) is 0 Å². The van der Waals surface area contributed by atoms with E-state index < -0.39 is 88.3 Å². The Bertz CT molecular complexity index is 1350. The van der Waals surface area contributed by atoms with Crippen molar-refractivity contribution >= 4 is 11.9 Å². The molecule has 1 aromatic rings. The Labute approximate surface area is 262 Å². The van der Waals surface area contributed by atoms with Crippen LogP contribution in [0.25, 0.3) is 0 Å². The summed E-state index contributed by atoms with van der Waals surface area (Å²) in [6, 6.07) is 8.15. The monoisotopic (exact) mass is 631 g/mol. The highest BCUT2D eigenvalue weighted by molar-refractivity contribution is 5.89. The lowest BCUT2D eigenvalue weighted by molar-refractivity contribution is -0.321. The number of rotatable bonds is 8. The van der Waals surface area contributed by atoms with Gasteiger partial charge in [-0.3, -0.25) is 4.79 Å². The summed E-state index contributed by atoms with van der Waals surface area (Å²) in [5, 5.41) is 37.0. The van der Waals surface area contributed by atoms with Crippen molar-refractivity contribution in [3.63, 3.8) is 0 Å². The summed E-state index contributed by atoms with van der Waals surface area (Å²) < 4.78 is 37.2. The first-order valence-electron chi connectivity index (χ1n) is 15.8. The molecule has 0 amide bonds. The topological polar surface area (TPSA) is 153 Å². The van der Waals surface area contributed by atoms with Crippen LogP contribution in [0.3, 0.4) is 0 Å². The first kappa shape index (κ1) is 31.4. The molecule has 45 heavy (non-hydrogen) atoms. The molecule has 12 nitrogen and oxygen atoms in total. The summed E-state index contributed by atoms with van der Waals surface area (Å²) in [7, 11) is 8.20. The van der Waals surface area contributed by atoms with Gasteiger partial charge in [0.15, 0.2) is 5.60 Å². The van der Waals surface area contributed by atoms with Crippen LogP contribution in [0.1, 0.15) is 30.1 Å². The average molecular weight is 632 g/mol. The normalized spacial score (nSPS) is 50.7. The number of carbonyl (C=O) groups excluding carboxylic acids is 2. The Morgan fingerprint density at radius 3 is 2.31 bits per heavy atom. The maximum atomic E-state index is 13.7. The molecule has 15 atom stereocenters. The molecule has 12 heteroatoms. The second-order valence-corrected chi connectivity index (χ2v) is 14.3. The summed E-state index contributed by atoms with van der Waals surface area (Å²) in [6.07, 6.45) is -5.50. The molecule has 1 unspecified atom stereocenters. The van der Waals surface area contributed by atoms with Gasteiger partial charge in [-0.15, -0.1) is 0 Å². The molecule has 5 aliphatic carbocycles. The number of aliphatic hydroxyl groups is 3. The molecular formula is C33H45NO11. The molecule has 7 rings (SSSR count). The SMILES string of the molecule is COC[C@]12CN(C)C3[C@H]4[C@H](OC)[C@H]1[C@@]3([C@@H](OC)C[C@H]2O)[C@@H]1C[C@@]2(O)[C@H](OC(=O)c3ccccc3)[C@@H]1[C@]4(OC(C)=O)[C@@H](O)[C@@H]2OC. The Hall–Kier alpha value is -2.16. The van der Waals surface area contributed by atoms with Gasteiger partial charge >= 0.3 is 11.9 Å². The first-order valence-corrected chi connectivity index (χ1v) is 15.8. The van der Waals surface area contributed by atoms with Crippen molar-refractivity contribution in [3.8, 4) is 0 Å². The minimum absolute atomic E-state index is 0.0754. The summed E-state index contributed by atoms with van der Waals surface area (Å²) in [5.74, 6) is -3.66. The van der Waals surface area contributed by atoms with E-state index >= 15 is 0 Å². The maximum absolute atomic E-state index is 13.7. The van der Waals surface area contributed by atoms with Crippen LogP contribution < -0.4 is 0 Å². The molecule has 7 bridgehead atoms. The van der Waals surface area contributed by atoms with Crippen molar-refractivity contribution < 1.29 is 53.3 Å². The summed E-state index contributed by atoms with van der Waals surface area (Å²) in [4.78, 5) is 29.1. The fraction of sp³-hybridized carbons (Fsp3) is 0.758. The molecule has 1 aliphatic heterocycles. The Morgan fingerprint density at radius 1 is 1.00 bits per heavy atom. The van der Waals surface area contributed by atoms with Crippen LogP contribution in [0.15, 0.2) is 30.3 Å². The molecule has 3 N–H and O–H groups in total. The Kier molecular flexibility index (Phi) is 7.28. The minimum Gasteiger partial charge on any atom is -0.455 e. The summed E-state index contributed by atoms with van der Waals surface area (Å²) >= 11 is 0. The van der Waals surface area contributed by atoms with Crippen LogP contribution in [-0.2, 0) is 33.2 Å². The van der Waals surface area contributed by atoms with Gasteiger partial charge < -0.3 is 48.6 Å². The highest BCUT2D eigenvalue weighted by atomic mass is 16.6. The number of aliphatic hydroxyl groups excluding tert-OH is 2. The van der Waals surface area contributed by atoms with E-state index in [0.29, 0.717) is 18.5 Å². The predicted molar refractivity (Wildman–Crippen MR) is 156 cm³/mol. The van der Waals surface area contributed by atoms with Crippen LogP contribution >= 0.6 is 0 Å². The van der Waals surface area contributed by atoms with Gasteiger partial charge in [0.05, 0.1) is 30.5 Å². The number of nitrogens with zero attached hydrogens (tertiary/aromatic N) is 1. The van der Waals surface area contributed by atoms with Gasteiger partial charge in [0.1, 0.15) is 23.9 Å². The van der Waals surface area contributed by atoms with Crippen LogP contribution in [-0.4, -0.2) is 135 Å². The molecule has 0 radical (unpaired) electrons. The third-order valence-corrected chi connectivity index (χ3v) is 12.9. The number of esters is 2. The highest BCUT2D eigenvalue weighted by Gasteiger charge is 2.92. The van der Waals surface area contributed by atoms with E-state index in [1.165, 1.54) is 14.0 Å². The maximum Gasteiger partial charge on any atom is 0.338 e. The highest BCUT2D eigenvalue weighted by Crippen LogP contribution is 2.80. The molecule has 1 saturated heterocycles. The lowest BCUT2D eigenvalue weighted by Crippen LogP contribution is -2.81. The molecular weight excluding hydrogens is 586 g/mol. The number of carbonyl (C=O) groups is 2. The molecule has 1 heterocycles. The molecule has 6 fully saturated rings. The van der Waals surface area contributed by atoms with Gasteiger partial charge in [0, 0.05) is 83.0 Å². The van der Waals surface area contributed by atoms with Crippen LogP contribution in [0, 0.1) is 34.5 Å². The minimum atomic E-state index is -1.83. The molecule has 0 aromatic heterocycles. The van der Waals surface area contributed by atoms with Gasteiger partial charge in [-0.1, -0.05) is 18.2 Å². The van der Waals surface area contributed by atoms with Crippen molar-refractivity contribution in [1.29, 1.82) is 0 Å². The number of benzene rings is 1. The summed E-state index contributed by atoms with van der Waals surface area (Å²) in [5.41, 5.74) is -4.79. The van der Waals surface area contributed by atoms with E-state index in [9.17, 15) is 24.9 Å². The fourth-order valence-corrected chi connectivity index (χ4v) is 12.2. The zero-order chi connectivity index (χ0) is 32.3. The fourth-order valence-electron chi connectivity index (χ4n) is 12.2. The molecule has 1 spiro atoms. The van der Waals surface area contributed by atoms with Gasteiger partial charge in [0.25, 0.3) is 0 Å². The van der Waals surface area contributed by atoms with Gasteiger partial charge in [-0.2, -0.15) is 0 Å². The van der Waals surface area contributed by atoms with E-state index in [1.54, 1.807) is 51.7 Å². The largest absolute Gasteiger partial charge is 0.455 e. The van der Waals surface area contributed by atoms with E-state index in [2.05, 4.69) is 4.90 Å². The van der Waals surface area contributed by atoms with Gasteiger partial charge in [-0.05, 0) is 31.5 Å². The Balaban J connectivity index is 1.52. The van der Waals surface area contributed by atoms with E-state index in [1.807, 2.05) is 7.05 Å². The van der Waals surface area contributed by atoms with Crippen molar-refractivity contribution in [2.24, 2.45) is 34.5 Å². The number of ether oxygens (including phenoxy) is 6. The second-order valence-electron chi connectivity index (χ2n) is 14.3. The molecule has 6 aliphatic rings. The smallest absolute Gasteiger partial charge is 0.338 e. The van der Waals surface area contributed by atoms with Gasteiger partial charge in [-0.25, -0.2) is 4.79 Å². The van der Waals surface area contributed by atoms with E-state index in [-0.39, 0.29) is 25.0 Å². The number of hydrogen-bond acceptors (Lipinski definition) is 12. The van der Waals surface area contributed by atoms with Crippen molar-refractivity contribution in [2.75, 3.05) is 48.6 Å². The van der Waals surface area contributed by atoms with Crippen LogP contribution in [0.2, 0.25) is 0 Å². The van der Waals surface area contributed by atoms with Crippen LogP contribution in [0.5, 0.6) is 0 Å². The van der Waals surface area contributed by atoms with Gasteiger partial charge in [0.2, 0.25) is 0 Å². The predicted octanol–water partition coefficient (Wildman–Crippen LogP) is 0.258. The van der Waals surface area contributed by atoms with E-state index in [4.69, 9.17) is 28.4 Å². The number of piperidine rings is 1. The summed E-state index contributed by atoms with van der Waals surface area (Å²) in [6.45, 7) is 2.00. The third kappa shape index (κ3) is 3.55. The zero-order valence-corrected chi connectivity index (χ0v) is 26.6. The number of likely N-dealkylation sites (tertiary alicyclic amines) is 1. The standard InChI is InChI=1S/C33H45NO11/c1-16(35)45-33-21-18(13-31(39,28(43-6)26(33)37)27(21)44-29(38)17-10-8-7-9-11-17)32-20(41-4)12-19(36)30(15-40-3)14-34(2)25(32)22(33)23(42-5)24(30)32/h7-11,18-28,36-37,39H,12-15H2,1-6H3/t18-,19-,20+,21-,22-,23+,24-,25?,26+,27-,28+,30+,31-,32+,33-/m1/s1. The molecule has 1 aromatic carbocycles. The zero-order valence-electron chi connectivity index (χ0n) is 26.6. The Morgan fingerprint density at radius 2 is 1.71 bits per heavy atom. The third-order valence-electron chi connectivity index (χ3n) is 12.9. The second kappa shape index (κ2) is 10.4. The lowest BCUT2D eigenvalue weighted by atomic mass is 9.42. The molecule has 248 valence electrons. The number of hydrogen-bond donors (Lipinski definition) is 3. The van der Waals surface area contributed by atoms with Crippen molar-refractivity contribution in [3.05, 3.63) is 35.9 Å². The first-order chi connectivity index (χ1) is 21.4. The quantitative estimate of drug-likeness (QED) is 0.337. The number of methoxy groups -OCH3 is 4.